The summed E-state index contributed by atoms with van der Waals surface area (Å²) in [6.45, 7) is 16.4. The van der Waals surface area contributed by atoms with Crippen molar-refractivity contribution in [2.24, 2.45) is 11.8 Å². The van der Waals surface area contributed by atoms with Crippen molar-refractivity contribution >= 4 is 29.7 Å². The number of aryl methyl sites for hydroxylation is 6. The van der Waals surface area contributed by atoms with Gasteiger partial charge in [0, 0.05) is 73.9 Å². The molecule has 82 heavy (non-hydrogen) atoms. The van der Waals surface area contributed by atoms with E-state index in [9.17, 15) is 29.7 Å². The number of nitrogens with one attached hydrogen (secondary N) is 1. The number of likely N-dealkylation sites (tertiary alicyclic amines) is 2. The molecule has 6 aromatic rings. The van der Waals surface area contributed by atoms with E-state index in [1.165, 1.54) is 19.1 Å². The number of hydrogen-bond acceptors (Lipinski definition) is 14. The number of hydrogen-bond donors (Lipinski definition) is 4. The summed E-state index contributed by atoms with van der Waals surface area (Å²) in [5.74, 6) is 1.81. The topological polar surface area (TPSA) is 214 Å². The van der Waals surface area contributed by atoms with Crippen molar-refractivity contribution in [2.45, 2.75) is 142 Å². The normalized spacial score (nSPS) is 18.0. The lowest BCUT2D eigenvalue weighted by Gasteiger charge is -2.31. The number of aromatic nitrogens is 6. The number of aliphatic hydroxyl groups is 2. The van der Waals surface area contributed by atoms with Gasteiger partial charge in [-0.2, -0.15) is 10.2 Å². The van der Waals surface area contributed by atoms with E-state index in [0.29, 0.717) is 36.2 Å². The van der Waals surface area contributed by atoms with Crippen molar-refractivity contribution < 1.29 is 39.2 Å². The zero-order chi connectivity index (χ0) is 57.9. The van der Waals surface area contributed by atoms with Crippen LogP contribution in [-0.2, 0) is 58.0 Å². The third-order valence-electron chi connectivity index (χ3n) is 16.4. The van der Waals surface area contributed by atoms with Crippen molar-refractivity contribution in [3.8, 4) is 11.4 Å². The number of amides is 1. The third-order valence-corrected chi connectivity index (χ3v) is 16.4. The number of carbonyl (C=O) groups excluding carboxylic acids is 2. The van der Waals surface area contributed by atoms with Crippen LogP contribution >= 0.6 is 0 Å². The van der Waals surface area contributed by atoms with Crippen LogP contribution in [0, 0.1) is 25.7 Å². The zero-order valence-electron chi connectivity index (χ0n) is 48.9. The van der Waals surface area contributed by atoms with Crippen molar-refractivity contribution in [1.29, 1.82) is 0 Å². The molecule has 0 saturated carbocycles. The molecule has 4 aliphatic rings. The number of rotatable bonds is 20. The van der Waals surface area contributed by atoms with Gasteiger partial charge >= 0.3 is 18.0 Å². The maximum absolute atomic E-state index is 12.9. The van der Waals surface area contributed by atoms with E-state index >= 15 is 0 Å². The first-order valence-corrected chi connectivity index (χ1v) is 29.5. The van der Waals surface area contributed by atoms with E-state index in [-0.39, 0.29) is 43.5 Å². The molecule has 18 nitrogen and oxygen atoms in total. The molecule has 1 amide bonds. The first-order valence-electron chi connectivity index (χ1n) is 29.5. The summed E-state index contributed by atoms with van der Waals surface area (Å²) < 4.78 is 14.4. The molecule has 8 heterocycles. The minimum absolute atomic E-state index is 0.0227. The number of fused-ring (bicyclic) bond motifs is 2. The van der Waals surface area contributed by atoms with Crippen molar-refractivity contribution in [3.05, 3.63) is 141 Å². The van der Waals surface area contributed by atoms with E-state index < -0.39 is 11.6 Å². The van der Waals surface area contributed by atoms with Crippen LogP contribution in [0.15, 0.2) is 84.9 Å². The molecule has 4 N–H and O–H groups in total. The molecule has 2 fully saturated rings. The second-order valence-corrected chi connectivity index (χ2v) is 23.9. The van der Waals surface area contributed by atoms with Gasteiger partial charge in [0.25, 0.3) is 0 Å². The zero-order valence-corrected chi connectivity index (χ0v) is 48.9. The van der Waals surface area contributed by atoms with Crippen LogP contribution in [0.3, 0.4) is 0 Å². The Hall–Kier alpha value is -6.99. The molecule has 0 aliphatic carbocycles. The number of esters is 1. The van der Waals surface area contributed by atoms with Gasteiger partial charge in [-0.05, 0) is 195 Å². The number of aliphatic hydroxyl groups excluding tert-OH is 2. The van der Waals surface area contributed by atoms with Crippen LogP contribution in [0.5, 0.6) is 0 Å². The molecular formula is C64H84N10O8. The van der Waals surface area contributed by atoms with E-state index in [1.54, 1.807) is 4.90 Å². The lowest BCUT2D eigenvalue weighted by molar-refractivity contribution is -0.141. The standard InChI is InChI=1S/C35H47N5O5.C29H37N5O3/c1-24-18-30(23-41)37-40(24)31-10-6-8-27(19-31)28(20-32(42)44-5)22-38-17-15-25(21-38)11-13-29-14-12-26-9-7-16-39(33(26)36-29)34(43)45-35(2,3)4;1-20-14-26(19-35)32-34(20)27-6-2-4-23(15-27)24(16-28(36)37)18-33-13-11-21(17-33)7-9-25-10-8-22-5-3-12-30-29(22)31-25/h6,8,10,12,14,18-19,25,28,41H,7,9,11,13,15-17,20-23H2,1-5H3;2,4,6,8,10,14-15,21,24,35H,3,5,7,9,11-13,16-19H2,1H3,(H,30,31)(H,36,37)/t25-,28?;21-,24?/m11/s1. The number of benzene rings is 2. The van der Waals surface area contributed by atoms with Crippen molar-refractivity contribution in [3.63, 3.8) is 0 Å². The van der Waals surface area contributed by atoms with Gasteiger partial charge in [0.1, 0.15) is 17.2 Å². The Morgan fingerprint density at radius 1 is 0.683 bits per heavy atom. The van der Waals surface area contributed by atoms with Gasteiger partial charge in [-0.15, -0.1) is 0 Å². The van der Waals surface area contributed by atoms with Crippen LogP contribution in [0.2, 0.25) is 0 Å². The van der Waals surface area contributed by atoms with Gasteiger partial charge in [0.15, 0.2) is 0 Å². The number of aliphatic carboxylic acids is 1. The molecule has 4 atom stereocenters. The average Bonchev–Trinajstić information content (AvgIpc) is 4.44. The van der Waals surface area contributed by atoms with Gasteiger partial charge in [-0.1, -0.05) is 36.4 Å². The molecule has 0 bridgehead atoms. The Bertz CT molecular complexity index is 3150. The lowest BCUT2D eigenvalue weighted by Crippen LogP contribution is -2.40. The summed E-state index contributed by atoms with van der Waals surface area (Å²) in [4.78, 5) is 53.5. The molecule has 2 unspecified atom stereocenters. The molecule has 4 aliphatic heterocycles. The fraction of sp³-hybridized carbons (Fsp3) is 0.516. The Kier molecular flexibility index (Phi) is 19.9. The van der Waals surface area contributed by atoms with Crippen molar-refractivity contribution in [1.82, 2.24) is 39.3 Å². The fourth-order valence-electron chi connectivity index (χ4n) is 12.2. The molecular weight excluding hydrogens is 1040 g/mol. The highest BCUT2D eigenvalue weighted by Crippen LogP contribution is 2.33. The molecule has 0 radical (unpaired) electrons. The van der Waals surface area contributed by atoms with Gasteiger partial charge in [-0.25, -0.2) is 24.1 Å². The SMILES string of the molecule is COC(=O)CC(CN1CC[C@@H](CCc2ccc3c(n2)N(C(=O)OC(C)(C)C)CCC3)C1)c1cccc(-n2nc(CO)cc2C)c1.Cc1cc(CO)nn1-c1cccc(C(CC(=O)O)CN2CC[C@@H](CCc3ccc4c(n3)NCCC4)C2)c1. The number of ether oxygens (including phenoxy) is 2. The molecule has 2 saturated heterocycles. The second-order valence-electron chi connectivity index (χ2n) is 23.9. The number of pyridine rings is 2. The summed E-state index contributed by atoms with van der Waals surface area (Å²) in [5.41, 5.74) is 11.0. The van der Waals surface area contributed by atoms with E-state index in [0.717, 1.165) is 166 Å². The molecule has 2 aromatic carbocycles. The minimum atomic E-state index is -0.781. The van der Waals surface area contributed by atoms with Crippen molar-refractivity contribution in [2.75, 3.05) is 69.7 Å². The number of nitrogens with zero attached hydrogens (tertiary/aromatic N) is 9. The lowest BCUT2D eigenvalue weighted by atomic mass is 9.94. The molecule has 0 spiro atoms. The van der Waals surface area contributed by atoms with Gasteiger partial charge < -0.3 is 39.9 Å². The molecule has 438 valence electrons. The van der Waals surface area contributed by atoms with Crippen LogP contribution in [-0.4, -0.2) is 138 Å². The van der Waals surface area contributed by atoms with Crippen LogP contribution in [0.4, 0.5) is 16.4 Å². The second kappa shape index (κ2) is 27.4. The summed E-state index contributed by atoms with van der Waals surface area (Å²) in [7, 11) is 1.44. The van der Waals surface area contributed by atoms with Crippen LogP contribution < -0.4 is 10.2 Å². The Morgan fingerprint density at radius 2 is 1.23 bits per heavy atom. The molecule has 18 heteroatoms. The number of carbonyl (C=O) groups is 3. The summed E-state index contributed by atoms with van der Waals surface area (Å²) >= 11 is 0. The quantitative estimate of drug-likeness (QED) is 0.0525. The monoisotopic (exact) mass is 1120 g/mol. The first kappa shape index (κ1) is 59.6. The average molecular weight is 1120 g/mol. The van der Waals surface area contributed by atoms with E-state index in [4.69, 9.17) is 19.4 Å². The number of methoxy groups -OCH3 is 1. The van der Waals surface area contributed by atoms with E-state index in [1.807, 2.05) is 92.5 Å². The highest BCUT2D eigenvalue weighted by molar-refractivity contribution is 5.88. The Labute approximate surface area is 482 Å². The maximum Gasteiger partial charge on any atom is 0.416 e. The Morgan fingerprint density at radius 3 is 1.77 bits per heavy atom. The largest absolute Gasteiger partial charge is 0.481 e. The highest BCUT2D eigenvalue weighted by Gasteiger charge is 2.31. The predicted molar refractivity (Wildman–Crippen MR) is 316 cm³/mol. The summed E-state index contributed by atoms with van der Waals surface area (Å²) in [6.07, 6.45) is 10.3. The molecule has 10 rings (SSSR count). The number of carboxylic acid groups (broad SMARTS) is 1. The maximum atomic E-state index is 12.9. The van der Waals surface area contributed by atoms with Crippen LogP contribution in [0.1, 0.15) is 140 Å². The fourth-order valence-corrected chi connectivity index (χ4v) is 12.2. The minimum Gasteiger partial charge on any atom is -0.481 e. The summed E-state index contributed by atoms with van der Waals surface area (Å²) in [5, 5.41) is 41.0. The first-order chi connectivity index (χ1) is 39.5. The van der Waals surface area contributed by atoms with Crippen LogP contribution in [0.25, 0.3) is 11.4 Å². The van der Waals surface area contributed by atoms with Gasteiger partial charge in [0.05, 0.1) is 55.9 Å². The Balaban J connectivity index is 0.000000201. The smallest absolute Gasteiger partial charge is 0.416 e. The summed E-state index contributed by atoms with van der Waals surface area (Å²) in [6, 6.07) is 28.5. The molecule has 4 aromatic heterocycles. The van der Waals surface area contributed by atoms with Gasteiger partial charge in [0.2, 0.25) is 0 Å². The number of carboxylic acids is 1. The van der Waals surface area contributed by atoms with Gasteiger partial charge in [-0.3, -0.25) is 14.5 Å². The highest BCUT2D eigenvalue weighted by atomic mass is 16.6. The third kappa shape index (κ3) is 15.8. The predicted octanol–water partition coefficient (Wildman–Crippen LogP) is 9.30. The number of anilines is 2. The van der Waals surface area contributed by atoms with E-state index in [2.05, 4.69) is 61.7 Å².